The van der Waals surface area contributed by atoms with Gasteiger partial charge < -0.3 is 14.7 Å². The molecule has 1 N–H and O–H groups in total. The molecule has 232 valence electrons. The van der Waals surface area contributed by atoms with Crippen LogP contribution in [0.5, 0.6) is 11.5 Å². The van der Waals surface area contributed by atoms with E-state index in [9.17, 15) is 29.3 Å². The van der Waals surface area contributed by atoms with E-state index < -0.39 is 33.1 Å². The smallest absolute Gasteiger partial charge is 0.311 e. The maximum absolute atomic E-state index is 12.2. The fourth-order valence-corrected chi connectivity index (χ4v) is 3.65. The summed E-state index contributed by atoms with van der Waals surface area (Å²) in [5.74, 6) is -1.75. The van der Waals surface area contributed by atoms with E-state index in [2.05, 4.69) is 0 Å². The van der Waals surface area contributed by atoms with Crippen LogP contribution in [-0.2, 0) is 0 Å². The van der Waals surface area contributed by atoms with Gasteiger partial charge in [-0.3, -0.25) is 29.3 Å². The van der Waals surface area contributed by atoms with Crippen molar-refractivity contribution in [2.75, 3.05) is 13.2 Å². The fraction of sp³-hybridized carbons (Fsp3) is 0.125. The van der Waals surface area contributed by atoms with Crippen LogP contribution in [0.3, 0.4) is 0 Å². The lowest BCUT2D eigenvalue weighted by molar-refractivity contribution is -0.742. The second kappa shape index (κ2) is 17.7. The summed E-state index contributed by atoms with van der Waals surface area (Å²) in [6.45, 7) is 4.41. The van der Waals surface area contributed by atoms with Crippen molar-refractivity contribution in [2.24, 2.45) is 0 Å². The Bertz CT molecular complexity index is 1640. The number of Topliss-reactive ketones (excluding diaryl/α,β-unsaturated/α-hetero) is 4. The summed E-state index contributed by atoms with van der Waals surface area (Å²) < 4.78 is 10.4. The first-order valence-electron chi connectivity index (χ1n) is 13.3. The SMILES string of the molecule is CCOc1ccc(C(=O)C(=O)c2ccccc2)cc1.CCOc1ccc(C(=O)C(=O)c2ccccc2)cc1[N+](=O)[O-].O=[N+]([O-])O. The highest BCUT2D eigenvalue weighted by Gasteiger charge is 2.23. The molecule has 0 heterocycles. The molecule has 13 nitrogen and oxygen atoms in total. The van der Waals surface area contributed by atoms with Crippen molar-refractivity contribution in [3.8, 4) is 11.5 Å². The van der Waals surface area contributed by atoms with Crippen molar-refractivity contribution in [1.82, 2.24) is 0 Å². The highest BCUT2D eigenvalue weighted by Crippen LogP contribution is 2.28. The van der Waals surface area contributed by atoms with Crippen molar-refractivity contribution in [3.05, 3.63) is 146 Å². The molecule has 0 saturated carbocycles. The molecule has 4 rings (SSSR count). The molecule has 13 heteroatoms. The van der Waals surface area contributed by atoms with Crippen LogP contribution < -0.4 is 9.47 Å². The van der Waals surface area contributed by atoms with Crippen LogP contribution in [0.2, 0.25) is 0 Å². The number of carbonyl (C=O) groups is 4. The number of nitro benzene ring substituents is 1. The highest BCUT2D eigenvalue weighted by atomic mass is 16.9. The van der Waals surface area contributed by atoms with E-state index >= 15 is 0 Å². The minimum Gasteiger partial charge on any atom is -0.494 e. The average Bonchev–Trinajstić information content (AvgIpc) is 3.05. The van der Waals surface area contributed by atoms with Gasteiger partial charge in [0, 0.05) is 28.3 Å². The van der Waals surface area contributed by atoms with Crippen LogP contribution in [0, 0.1) is 20.2 Å². The van der Waals surface area contributed by atoms with E-state index in [-0.39, 0.29) is 29.2 Å². The van der Waals surface area contributed by atoms with Gasteiger partial charge in [0.25, 0.3) is 5.09 Å². The predicted octanol–water partition coefficient (Wildman–Crippen LogP) is 5.86. The van der Waals surface area contributed by atoms with Gasteiger partial charge in [0.2, 0.25) is 23.1 Å². The molecule has 0 radical (unpaired) electrons. The number of carbonyl (C=O) groups excluding carboxylic acids is 4. The van der Waals surface area contributed by atoms with Crippen molar-refractivity contribution in [3.63, 3.8) is 0 Å². The molecule has 0 aliphatic heterocycles. The second-order valence-electron chi connectivity index (χ2n) is 8.62. The van der Waals surface area contributed by atoms with E-state index in [0.29, 0.717) is 23.5 Å². The van der Waals surface area contributed by atoms with Crippen LogP contribution in [0.25, 0.3) is 0 Å². The van der Waals surface area contributed by atoms with Crippen LogP contribution in [-0.4, -0.2) is 51.6 Å². The largest absolute Gasteiger partial charge is 0.494 e. The summed E-state index contributed by atoms with van der Waals surface area (Å²) in [6.07, 6.45) is 0. The minimum atomic E-state index is -1.50. The molecule has 0 atom stereocenters. The third-order valence-electron chi connectivity index (χ3n) is 5.63. The molecule has 45 heavy (non-hydrogen) atoms. The third-order valence-corrected chi connectivity index (χ3v) is 5.63. The molecule has 0 aliphatic rings. The van der Waals surface area contributed by atoms with Crippen LogP contribution in [0.15, 0.2) is 103 Å². The zero-order chi connectivity index (χ0) is 33.4. The summed E-state index contributed by atoms with van der Waals surface area (Å²) in [7, 11) is 0. The van der Waals surface area contributed by atoms with Gasteiger partial charge in [-0.1, -0.05) is 60.7 Å². The lowest BCUT2D eigenvalue weighted by atomic mass is 10.0. The number of ketones is 4. The molecule has 0 bridgehead atoms. The first-order valence-corrected chi connectivity index (χ1v) is 13.3. The normalized spacial score (nSPS) is 9.64. The van der Waals surface area contributed by atoms with E-state index in [1.54, 1.807) is 79.7 Å². The molecule has 0 fully saturated rings. The number of benzene rings is 4. The summed E-state index contributed by atoms with van der Waals surface area (Å²) in [6, 6.07) is 26.9. The summed E-state index contributed by atoms with van der Waals surface area (Å²) in [5, 5.41) is 24.7. The molecule has 0 spiro atoms. The Hall–Kier alpha value is -6.24. The van der Waals surface area contributed by atoms with Gasteiger partial charge in [-0.05, 0) is 50.2 Å². The van der Waals surface area contributed by atoms with Crippen LogP contribution in [0.1, 0.15) is 55.3 Å². The molecule has 0 unspecified atom stereocenters. The quantitative estimate of drug-likeness (QED) is 0.0917. The second-order valence-corrected chi connectivity index (χ2v) is 8.62. The Balaban J connectivity index is 0.000000283. The molecule has 0 saturated heterocycles. The van der Waals surface area contributed by atoms with Crippen LogP contribution in [0.4, 0.5) is 5.69 Å². The van der Waals surface area contributed by atoms with Gasteiger partial charge in [-0.15, -0.1) is 10.1 Å². The Kier molecular flexibility index (Phi) is 13.7. The Morgan fingerprint density at radius 2 is 0.978 bits per heavy atom. The topological polar surface area (TPSA) is 193 Å². The maximum atomic E-state index is 12.2. The Labute approximate surface area is 256 Å². The van der Waals surface area contributed by atoms with Crippen molar-refractivity contribution in [1.29, 1.82) is 0 Å². The number of ether oxygens (including phenoxy) is 2. The number of rotatable bonds is 11. The third kappa shape index (κ3) is 10.8. The van der Waals surface area contributed by atoms with E-state index in [4.69, 9.17) is 24.8 Å². The molecule has 4 aromatic carbocycles. The maximum Gasteiger partial charge on any atom is 0.311 e. The molecular formula is C32H28N2O11. The molecular weight excluding hydrogens is 588 g/mol. The highest BCUT2D eigenvalue weighted by molar-refractivity contribution is 6.49. The van der Waals surface area contributed by atoms with Crippen LogP contribution >= 0.6 is 0 Å². The number of nitrogens with zero attached hydrogens (tertiary/aromatic N) is 2. The lowest BCUT2D eigenvalue weighted by Gasteiger charge is -2.06. The van der Waals surface area contributed by atoms with Gasteiger partial charge in [-0.25, -0.2) is 0 Å². The molecule has 4 aromatic rings. The zero-order valence-corrected chi connectivity index (χ0v) is 24.2. The average molecular weight is 617 g/mol. The summed E-state index contributed by atoms with van der Waals surface area (Å²) in [5.41, 5.74) is 0.639. The number of hydrogen-bond donors (Lipinski definition) is 1. The fourth-order valence-electron chi connectivity index (χ4n) is 3.65. The van der Waals surface area contributed by atoms with Gasteiger partial charge in [0.15, 0.2) is 5.75 Å². The molecule has 0 amide bonds. The van der Waals surface area contributed by atoms with Crippen molar-refractivity contribution in [2.45, 2.75) is 13.8 Å². The van der Waals surface area contributed by atoms with E-state index in [0.717, 1.165) is 6.07 Å². The van der Waals surface area contributed by atoms with Gasteiger partial charge in [0.1, 0.15) is 5.75 Å². The molecule has 0 aromatic heterocycles. The first-order chi connectivity index (χ1) is 21.5. The Morgan fingerprint density at radius 3 is 1.38 bits per heavy atom. The number of nitro groups is 1. The number of hydrogen-bond acceptors (Lipinski definition) is 10. The van der Waals surface area contributed by atoms with Crippen molar-refractivity contribution >= 4 is 28.8 Å². The minimum absolute atomic E-state index is 0.0380. The summed E-state index contributed by atoms with van der Waals surface area (Å²) in [4.78, 5) is 67.0. The lowest BCUT2D eigenvalue weighted by Crippen LogP contribution is -2.14. The summed E-state index contributed by atoms with van der Waals surface area (Å²) >= 11 is 0. The predicted molar refractivity (Wildman–Crippen MR) is 161 cm³/mol. The monoisotopic (exact) mass is 616 g/mol. The van der Waals surface area contributed by atoms with Gasteiger partial charge in [-0.2, -0.15) is 0 Å². The zero-order valence-electron chi connectivity index (χ0n) is 24.2. The first kappa shape index (κ1) is 35.0. The van der Waals surface area contributed by atoms with Gasteiger partial charge in [0.05, 0.1) is 18.1 Å². The standard InChI is InChI=1S/C16H13NO5.C16H14O3.HNO3/c1-2-22-14-9-8-12(10-13(14)17(20)21)16(19)15(18)11-6-4-3-5-7-11;1-2-19-14-10-8-13(9-11-14)16(18)15(17)12-6-4-3-5-7-12;2-1(3)4/h3-10H,2H2,1H3;3-11H,2H2,1H3;(H,2,3,4). The van der Waals surface area contributed by atoms with Crippen molar-refractivity contribution < 1.29 is 43.9 Å². The van der Waals surface area contributed by atoms with E-state index in [1.165, 1.54) is 24.3 Å². The Morgan fingerprint density at radius 1 is 0.600 bits per heavy atom. The van der Waals surface area contributed by atoms with E-state index in [1.807, 2.05) is 6.92 Å². The molecule has 0 aliphatic carbocycles. The van der Waals surface area contributed by atoms with Gasteiger partial charge >= 0.3 is 5.69 Å².